The van der Waals surface area contributed by atoms with Crippen LogP contribution in [0.5, 0.6) is 0 Å². The Kier molecular flexibility index (Phi) is 19.8. The van der Waals surface area contributed by atoms with E-state index in [9.17, 15) is 10.2 Å². The molecule has 27 heavy (non-hydrogen) atoms. The second kappa shape index (κ2) is 20.2. The highest BCUT2D eigenvalue weighted by Gasteiger charge is 2.16. The van der Waals surface area contributed by atoms with E-state index in [1.807, 2.05) is 20.0 Å². The molecule has 0 aromatic carbocycles. The van der Waals surface area contributed by atoms with E-state index in [-0.39, 0.29) is 0 Å². The molecular weight excluding hydrogens is 334 g/mol. The number of allylic oxidation sites excluding steroid dienone is 1. The molecule has 0 saturated heterocycles. The van der Waals surface area contributed by atoms with Crippen LogP contribution in [-0.4, -0.2) is 27.6 Å². The zero-order valence-corrected chi connectivity index (χ0v) is 18.7. The van der Waals surface area contributed by atoms with Gasteiger partial charge >= 0.3 is 0 Å². The summed E-state index contributed by atoms with van der Waals surface area (Å²) in [6.45, 7) is 6.14. The fourth-order valence-electron chi connectivity index (χ4n) is 3.47. The molecule has 0 saturated carbocycles. The minimum atomic E-state index is -0.590. The quantitative estimate of drug-likeness (QED) is 0.173. The summed E-state index contributed by atoms with van der Waals surface area (Å²) in [6.07, 6.45) is 24.4. The molecule has 0 heterocycles. The summed E-state index contributed by atoms with van der Waals surface area (Å²) in [5.74, 6) is 0. The molecular formula is C24H49NO2. The summed E-state index contributed by atoms with van der Waals surface area (Å²) in [5, 5.41) is 19.9. The van der Waals surface area contributed by atoms with Gasteiger partial charge in [0.25, 0.3) is 0 Å². The van der Waals surface area contributed by atoms with Crippen molar-refractivity contribution in [1.82, 2.24) is 4.90 Å². The second-order valence-corrected chi connectivity index (χ2v) is 7.99. The summed E-state index contributed by atoms with van der Waals surface area (Å²) in [6, 6.07) is 0. The van der Waals surface area contributed by atoms with E-state index < -0.39 is 12.5 Å². The molecule has 3 heteroatoms. The topological polar surface area (TPSA) is 43.7 Å². The maximum absolute atomic E-state index is 9.96. The zero-order valence-electron chi connectivity index (χ0n) is 18.7. The molecule has 0 amide bonds. The van der Waals surface area contributed by atoms with Crippen molar-refractivity contribution in [3.8, 4) is 0 Å². The number of nitrogens with zero attached hydrogens (tertiary/aromatic N) is 1. The van der Waals surface area contributed by atoms with Crippen LogP contribution in [0.1, 0.15) is 130 Å². The van der Waals surface area contributed by atoms with Crippen LogP contribution in [0.2, 0.25) is 0 Å². The molecule has 2 N–H and O–H groups in total. The Hall–Kier alpha value is -0.540. The number of rotatable bonds is 20. The van der Waals surface area contributed by atoms with Crippen molar-refractivity contribution in [2.45, 2.75) is 142 Å². The molecule has 0 aliphatic heterocycles. The van der Waals surface area contributed by atoms with Gasteiger partial charge in [0.05, 0.1) is 0 Å². The standard InChI is InChI=1S/C24H49NO2/c1-4-7-8-9-10-11-12-13-14-15-16-17-18-19-20-21-22-25(23(26)5-2)24(27)6-3/h21-24,26-27H,4-20H2,1-3H3. The highest BCUT2D eigenvalue weighted by molar-refractivity contribution is 4.85. The molecule has 0 aliphatic rings. The van der Waals surface area contributed by atoms with Gasteiger partial charge in [-0.3, -0.25) is 0 Å². The lowest BCUT2D eigenvalue weighted by molar-refractivity contribution is -0.0725. The Morgan fingerprint density at radius 1 is 0.593 bits per heavy atom. The van der Waals surface area contributed by atoms with Gasteiger partial charge in [0.2, 0.25) is 0 Å². The van der Waals surface area contributed by atoms with Gasteiger partial charge in [0, 0.05) is 6.20 Å². The van der Waals surface area contributed by atoms with Crippen LogP contribution in [0.25, 0.3) is 0 Å². The lowest BCUT2D eigenvalue weighted by Gasteiger charge is -2.30. The van der Waals surface area contributed by atoms with E-state index in [2.05, 4.69) is 13.0 Å². The summed E-state index contributed by atoms with van der Waals surface area (Å²) in [7, 11) is 0. The lowest BCUT2D eigenvalue weighted by Crippen LogP contribution is -2.38. The maximum Gasteiger partial charge on any atom is 0.128 e. The van der Waals surface area contributed by atoms with Crippen molar-refractivity contribution in [1.29, 1.82) is 0 Å². The van der Waals surface area contributed by atoms with Gasteiger partial charge in [-0.1, -0.05) is 110 Å². The van der Waals surface area contributed by atoms with Crippen molar-refractivity contribution in [2.75, 3.05) is 0 Å². The van der Waals surface area contributed by atoms with E-state index in [0.717, 1.165) is 6.42 Å². The molecule has 2 unspecified atom stereocenters. The van der Waals surface area contributed by atoms with Gasteiger partial charge in [0.1, 0.15) is 12.5 Å². The van der Waals surface area contributed by atoms with Crippen LogP contribution >= 0.6 is 0 Å². The summed E-state index contributed by atoms with van der Waals surface area (Å²) >= 11 is 0. The molecule has 2 atom stereocenters. The third-order valence-corrected chi connectivity index (χ3v) is 5.42. The Labute approximate surface area is 170 Å². The van der Waals surface area contributed by atoms with E-state index in [4.69, 9.17) is 0 Å². The van der Waals surface area contributed by atoms with E-state index in [0.29, 0.717) is 12.8 Å². The third-order valence-electron chi connectivity index (χ3n) is 5.42. The third kappa shape index (κ3) is 16.1. The zero-order chi connectivity index (χ0) is 20.2. The number of hydrogen-bond acceptors (Lipinski definition) is 3. The number of hydrogen-bond donors (Lipinski definition) is 2. The number of aliphatic hydroxyl groups is 2. The Morgan fingerprint density at radius 2 is 0.963 bits per heavy atom. The smallest absolute Gasteiger partial charge is 0.128 e. The van der Waals surface area contributed by atoms with Gasteiger partial charge < -0.3 is 15.1 Å². The SMILES string of the molecule is CCCCCCCCCCCCCCCCC=CN(C(O)CC)C(O)CC. The molecule has 0 aliphatic carbocycles. The van der Waals surface area contributed by atoms with Gasteiger partial charge in [-0.2, -0.15) is 0 Å². The van der Waals surface area contributed by atoms with Crippen LogP contribution in [0, 0.1) is 0 Å². The summed E-state index contributed by atoms with van der Waals surface area (Å²) in [5.41, 5.74) is 0. The Bertz CT molecular complexity index is 310. The van der Waals surface area contributed by atoms with E-state index in [1.54, 1.807) is 4.90 Å². The fourth-order valence-corrected chi connectivity index (χ4v) is 3.47. The van der Waals surface area contributed by atoms with Crippen LogP contribution in [0.3, 0.4) is 0 Å². The molecule has 0 radical (unpaired) electrons. The lowest BCUT2D eigenvalue weighted by atomic mass is 10.0. The molecule has 0 aromatic heterocycles. The monoisotopic (exact) mass is 383 g/mol. The maximum atomic E-state index is 9.96. The van der Waals surface area contributed by atoms with Crippen molar-refractivity contribution in [2.24, 2.45) is 0 Å². The average Bonchev–Trinajstić information content (AvgIpc) is 2.69. The Balaban J connectivity index is 3.46. The van der Waals surface area contributed by atoms with E-state index >= 15 is 0 Å². The minimum Gasteiger partial charge on any atom is -0.374 e. The van der Waals surface area contributed by atoms with E-state index in [1.165, 1.54) is 89.9 Å². The van der Waals surface area contributed by atoms with Crippen LogP contribution in [-0.2, 0) is 0 Å². The van der Waals surface area contributed by atoms with Crippen molar-refractivity contribution in [3.63, 3.8) is 0 Å². The predicted octanol–water partition coefficient (Wildman–Crippen LogP) is 7.13. The molecule has 0 fully saturated rings. The molecule has 0 spiro atoms. The number of aliphatic hydroxyl groups excluding tert-OH is 2. The summed E-state index contributed by atoms with van der Waals surface area (Å²) in [4.78, 5) is 1.67. The van der Waals surface area contributed by atoms with Crippen LogP contribution < -0.4 is 0 Å². The first-order valence-corrected chi connectivity index (χ1v) is 12.0. The molecule has 3 nitrogen and oxygen atoms in total. The van der Waals surface area contributed by atoms with Crippen LogP contribution in [0.4, 0.5) is 0 Å². The normalized spacial score (nSPS) is 14.0. The van der Waals surface area contributed by atoms with Crippen LogP contribution in [0.15, 0.2) is 12.3 Å². The van der Waals surface area contributed by atoms with Crippen molar-refractivity contribution in [3.05, 3.63) is 12.3 Å². The predicted molar refractivity (Wildman–Crippen MR) is 119 cm³/mol. The number of unbranched alkanes of at least 4 members (excludes halogenated alkanes) is 14. The van der Waals surface area contributed by atoms with Crippen molar-refractivity contribution >= 4 is 0 Å². The van der Waals surface area contributed by atoms with Gasteiger partial charge in [-0.05, 0) is 25.7 Å². The Morgan fingerprint density at radius 3 is 1.33 bits per heavy atom. The minimum absolute atomic E-state index is 0.590. The first-order chi connectivity index (χ1) is 13.2. The highest BCUT2D eigenvalue weighted by Crippen LogP contribution is 2.14. The van der Waals surface area contributed by atoms with Gasteiger partial charge in [-0.15, -0.1) is 0 Å². The second-order valence-electron chi connectivity index (χ2n) is 7.99. The molecule has 162 valence electrons. The van der Waals surface area contributed by atoms with Gasteiger partial charge in [0.15, 0.2) is 0 Å². The van der Waals surface area contributed by atoms with Gasteiger partial charge in [-0.25, -0.2) is 0 Å². The molecule has 0 aromatic rings. The first kappa shape index (κ1) is 26.5. The largest absolute Gasteiger partial charge is 0.374 e. The highest BCUT2D eigenvalue weighted by atomic mass is 16.3. The first-order valence-electron chi connectivity index (χ1n) is 12.0. The molecule has 0 bridgehead atoms. The summed E-state index contributed by atoms with van der Waals surface area (Å²) < 4.78 is 0. The fraction of sp³-hybridized carbons (Fsp3) is 0.917. The average molecular weight is 384 g/mol. The van der Waals surface area contributed by atoms with Crippen molar-refractivity contribution < 1.29 is 10.2 Å². The molecule has 0 rings (SSSR count).